The Balaban J connectivity index is 2.41. The summed E-state index contributed by atoms with van der Waals surface area (Å²) >= 11 is 6.92. The van der Waals surface area contributed by atoms with E-state index in [0.29, 0.717) is 6.42 Å². The van der Waals surface area contributed by atoms with E-state index in [9.17, 15) is 4.79 Å². The standard InChI is InChI=1S/C11H19Br2NO2/c1-2-11(7-12,8-13)14-10(15)6-9-4-3-5-16-9/h9H,2-8H2,1H3,(H,14,15). The molecule has 0 aliphatic carbocycles. The van der Waals surface area contributed by atoms with Gasteiger partial charge in [-0.25, -0.2) is 0 Å². The number of alkyl halides is 2. The van der Waals surface area contributed by atoms with Crippen LogP contribution in [0.15, 0.2) is 0 Å². The molecule has 0 radical (unpaired) electrons. The van der Waals surface area contributed by atoms with Gasteiger partial charge in [-0.15, -0.1) is 0 Å². The molecule has 16 heavy (non-hydrogen) atoms. The molecule has 1 saturated heterocycles. The maximum atomic E-state index is 11.9. The van der Waals surface area contributed by atoms with Crippen LogP contribution < -0.4 is 5.32 Å². The van der Waals surface area contributed by atoms with E-state index in [1.807, 2.05) is 0 Å². The summed E-state index contributed by atoms with van der Waals surface area (Å²) in [6, 6.07) is 0. The summed E-state index contributed by atoms with van der Waals surface area (Å²) in [5.41, 5.74) is -0.171. The normalized spacial score (nSPS) is 21.1. The lowest BCUT2D eigenvalue weighted by Gasteiger charge is -2.30. The van der Waals surface area contributed by atoms with E-state index in [-0.39, 0.29) is 17.6 Å². The van der Waals surface area contributed by atoms with Crippen LogP contribution in [0.2, 0.25) is 0 Å². The van der Waals surface area contributed by atoms with Gasteiger partial charge in [0.2, 0.25) is 5.91 Å². The number of amides is 1. The van der Waals surface area contributed by atoms with Crippen molar-refractivity contribution < 1.29 is 9.53 Å². The zero-order valence-corrected chi connectivity index (χ0v) is 12.8. The Morgan fingerprint density at radius 1 is 1.50 bits per heavy atom. The van der Waals surface area contributed by atoms with Crippen molar-refractivity contribution in [1.29, 1.82) is 0 Å². The van der Waals surface area contributed by atoms with E-state index in [1.54, 1.807) is 0 Å². The van der Waals surface area contributed by atoms with E-state index < -0.39 is 0 Å². The Morgan fingerprint density at radius 2 is 2.19 bits per heavy atom. The van der Waals surface area contributed by atoms with Gasteiger partial charge in [-0.05, 0) is 19.3 Å². The first kappa shape index (κ1) is 14.5. The fourth-order valence-electron chi connectivity index (χ4n) is 1.74. The van der Waals surface area contributed by atoms with Crippen LogP contribution in [0.25, 0.3) is 0 Å². The number of hydrogen-bond donors (Lipinski definition) is 1. The smallest absolute Gasteiger partial charge is 0.223 e. The van der Waals surface area contributed by atoms with Crippen LogP contribution >= 0.6 is 31.9 Å². The molecular formula is C11H19Br2NO2. The third-order valence-corrected chi connectivity index (χ3v) is 5.18. The predicted molar refractivity (Wildman–Crippen MR) is 72.3 cm³/mol. The van der Waals surface area contributed by atoms with Gasteiger partial charge in [0.1, 0.15) is 0 Å². The second-order valence-electron chi connectivity index (χ2n) is 4.29. The molecule has 0 bridgehead atoms. The number of rotatable bonds is 6. The lowest BCUT2D eigenvalue weighted by Crippen LogP contribution is -2.51. The van der Waals surface area contributed by atoms with E-state index >= 15 is 0 Å². The third-order valence-electron chi connectivity index (χ3n) is 3.03. The Kier molecular flexibility index (Phi) is 6.29. The minimum atomic E-state index is -0.171. The van der Waals surface area contributed by atoms with Crippen molar-refractivity contribution >= 4 is 37.8 Å². The fraction of sp³-hybridized carbons (Fsp3) is 0.909. The minimum absolute atomic E-state index is 0.0904. The first-order chi connectivity index (χ1) is 7.65. The molecule has 1 atom stereocenters. The average Bonchev–Trinajstić information content (AvgIpc) is 2.79. The predicted octanol–water partition coefficient (Wildman–Crippen LogP) is 2.61. The summed E-state index contributed by atoms with van der Waals surface area (Å²) < 4.78 is 5.45. The first-order valence-electron chi connectivity index (χ1n) is 5.70. The van der Waals surface area contributed by atoms with Crippen LogP contribution in [0, 0.1) is 0 Å². The Hall–Kier alpha value is 0.390. The van der Waals surface area contributed by atoms with E-state index in [1.165, 1.54) is 0 Å². The van der Waals surface area contributed by atoms with Gasteiger partial charge in [0.05, 0.1) is 18.1 Å². The molecule has 1 fully saturated rings. The van der Waals surface area contributed by atoms with Gasteiger partial charge >= 0.3 is 0 Å². The molecule has 94 valence electrons. The molecule has 0 spiro atoms. The Bertz CT molecular complexity index is 218. The van der Waals surface area contributed by atoms with Crippen molar-refractivity contribution in [3.63, 3.8) is 0 Å². The summed E-state index contributed by atoms with van der Waals surface area (Å²) in [5, 5.41) is 4.62. The average molecular weight is 357 g/mol. The van der Waals surface area contributed by atoms with Crippen LogP contribution in [-0.2, 0) is 9.53 Å². The van der Waals surface area contributed by atoms with Gasteiger partial charge in [-0.2, -0.15) is 0 Å². The van der Waals surface area contributed by atoms with Crippen LogP contribution in [0.4, 0.5) is 0 Å². The van der Waals surface area contributed by atoms with Crippen molar-refractivity contribution in [2.24, 2.45) is 0 Å². The van der Waals surface area contributed by atoms with Crippen LogP contribution in [0.5, 0.6) is 0 Å². The number of carbonyl (C=O) groups is 1. The molecule has 0 aromatic rings. The highest BCUT2D eigenvalue weighted by molar-refractivity contribution is 9.09. The highest BCUT2D eigenvalue weighted by Gasteiger charge is 2.29. The SMILES string of the molecule is CCC(CBr)(CBr)NC(=O)CC1CCCO1. The molecule has 0 aromatic carbocycles. The second kappa shape index (κ2) is 6.97. The van der Waals surface area contributed by atoms with Crippen molar-refractivity contribution in [2.75, 3.05) is 17.3 Å². The van der Waals surface area contributed by atoms with Crippen LogP contribution in [0.3, 0.4) is 0 Å². The third kappa shape index (κ3) is 4.00. The zero-order chi connectivity index (χ0) is 12.0. The first-order valence-corrected chi connectivity index (χ1v) is 7.94. The molecule has 1 rings (SSSR count). The number of hydrogen-bond acceptors (Lipinski definition) is 2. The Morgan fingerprint density at radius 3 is 2.62 bits per heavy atom. The summed E-state index contributed by atoms with van der Waals surface area (Å²) in [6.45, 7) is 2.88. The van der Waals surface area contributed by atoms with Crippen LogP contribution in [0.1, 0.15) is 32.6 Å². The number of nitrogens with one attached hydrogen (secondary N) is 1. The topological polar surface area (TPSA) is 38.3 Å². The van der Waals surface area contributed by atoms with Gasteiger partial charge in [-0.3, -0.25) is 4.79 Å². The van der Waals surface area contributed by atoms with Crippen molar-refractivity contribution in [2.45, 2.75) is 44.2 Å². The monoisotopic (exact) mass is 355 g/mol. The summed E-state index contributed by atoms with van der Waals surface area (Å²) in [5.74, 6) is 0.0904. The second-order valence-corrected chi connectivity index (χ2v) is 5.41. The molecule has 0 saturated carbocycles. The fourth-order valence-corrected chi connectivity index (χ4v) is 3.74. The van der Waals surface area contributed by atoms with E-state index in [2.05, 4.69) is 44.1 Å². The van der Waals surface area contributed by atoms with Crippen molar-refractivity contribution in [1.82, 2.24) is 5.32 Å². The van der Waals surface area contributed by atoms with Crippen LogP contribution in [-0.4, -0.2) is 34.8 Å². The van der Waals surface area contributed by atoms with Gasteiger partial charge in [-0.1, -0.05) is 38.8 Å². The molecule has 5 heteroatoms. The molecule has 1 aliphatic heterocycles. The number of halogens is 2. The quantitative estimate of drug-likeness (QED) is 0.743. The Labute approximate surface area is 114 Å². The maximum absolute atomic E-state index is 11.9. The summed E-state index contributed by atoms with van der Waals surface area (Å²) in [7, 11) is 0. The van der Waals surface area contributed by atoms with Crippen molar-refractivity contribution in [3.8, 4) is 0 Å². The van der Waals surface area contributed by atoms with E-state index in [4.69, 9.17) is 4.74 Å². The lowest BCUT2D eigenvalue weighted by atomic mass is 10.0. The van der Waals surface area contributed by atoms with E-state index in [0.717, 1.165) is 36.5 Å². The highest BCUT2D eigenvalue weighted by atomic mass is 79.9. The molecule has 1 N–H and O–H groups in total. The molecule has 1 amide bonds. The van der Waals surface area contributed by atoms with Gasteiger partial charge in [0.25, 0.3) is 0 Å². The van der Waals surface area contributed by atoms with Crippen molar-refractivity contribution in [3.05, 3.63) is 0 Å². The lowest BCUT2D eigenvalue weighted by molar-refractivity contribution is -0.124. The zero-order valence-electron chi connectivity index (χ0n) is 9.60. The maximum Gasteiger partial charge on any atom is 0.223 e. The van der Waals surface area contributed by atoms with Gasteiger partial charge < -0.3 is 10.1 Å². The molecule has 1 unspecified atom stereocenters. The largest absolute Gasteiger partial charge is 0.378 e. The molecule has 0 aromatic heterocycles. The summed E-state index contributed by atoms with van der Waals surface area (Å²) in [6.07, 6.45) is 3.60. The highest BCUT2D eigenvalue weighted by Crippen LogP contribution is 2.19. The number of carbonyl (C=O) groups excluding carboxylic acids is 1. The van der Waals surface area contributed by atoms with Gasteiger partial charge in [0.15, 0.2) is 0 Å². The van der Waals surface area contributed by atoms with Gasteiger partial charge in [0, 0.05) is 17.3 Å². The molecule has 3 nitrogen and oxygen atoms in total. The molecular weight excluding hydrogens is 338 g/mol. The summed E-state index contributed by atoms with van der Waals surface area (Å²) in [4.78, 5) is 11.9. The minimum Gasteiger partial charge on any atom is -0.378 e. The molecule has 1 heterocycles. The number of ether oxygens (including phenoxy) is 1. The molecule has 1 aliphatic rings.